The molecule has 2 aliphatic heterocycles. The van der Waals surface area contributed by atoms with E-state index in [4.69, 9.17) is 18.9 Å². The molecule has 0 radical (unpaired) electrons. The largest absolute Gasteiger partial charge is 0.444 e. The number of piperidine rings is 1. The molecule has 7 nitrogen and oxygen atoms in total. The highest BCUT2D eigenvalue weighted by Crippen LogP contribution is 2.27. The molecule has 7 heteroatoms. The van der Waals surface area contributed by atoms with Crippen molar-refractivity contribution in [2.75, 3.05) is 32.7 Å². The van der Waals surface area contributed by atoms with Gasteiger partial charge in [0.15, 0.2) is 0 Å². The zero-order chi connectivity index (χ0) is 30.1. The minimum Gasteiger partial charge on any atom is -0.444 e. The van der Waals surface area contributed by atoms with Crippen LogP contribution in [-0.2, 0) is 38.8 Å². The number of carbonyl (C=O) groups is 1. The van der Waals surface area contributed by atoms with Crippen molar-refractivity contribution < 1.29 is 23.7 Å². The Hall–Kier alpha value is -3.23. The number of rotatable bonds is 11. The maximum Gasteiger partial charge on any atom is 0.410 e. The second kappa shape index (κ2) is 15.0. The number of amides is 1. The van der Waals surface area contributed by atoms with Crippen LogP contribution in [0.2, 0.25) is 0 Å². The van der Waals surface area contributed by atoms with Gasteiger partial charge in [0.1, 0.15) is 11.7 Å². The summed E-state index contributed by atoms with van der Waals surface area (Å²) >= 11 is 0. The van der Waals surface area contributed by atoms with Gasteiger partial charge in [-0.2, -0.15) is 0 Å². The third-order valence-electron chi connectivity index (χ3n) is 7.96. The molecule has 5 rings (SSSR count). The maximum absolute atomic E-state index is 12.7. The van der Waals surface area contributed by atoms with Crippen LogP contribution in [0.25, 0.3) is 0 Å². The van der Waals surface area contributed by atoms with E-state index in [0.717, 1.165) is 49.3 Å². The molecule has 3 aromatic rings. The lowest BCUT2D eigenvalue weighted by atomic mass is 9.98. The maximum atomic E-state index is 12.7. The van der Waals surface area contributed by atoms with Crippen LogP contribution in [0.3, 0.4) is 0 Å². The summed E-state index contributed by atoms with van der Waals surface area (Å²) < 4.78 is 25.5. The molecule has 2 fully saturated rings. The lowest BCUT2D eigenvalue weighted by Gasteiger charge is -2.43. The Morgan fingerprint density at radius 1 is 0.698 bits per heavy atom. The zero-order valence-electron chi connectivity index (χ0n) is 25.8. The average Bonchev–Trinajstić information content (AvgIpc) is 3.48. The normalized spacial score (nSPS) is 21.7. The smallest absolute Gasteiger partial charge is 0.410 e. The summed E-state index contributed by atoms with van der Waals surface area (Å²) in [5, 5.41) is 0. The van der Waals surface area contributed by atoms with E-state index in [-0.39, 0.29) is 24.4 Å². The molecule has 230 valence electrons. The summed E-state index contributed by atoms with van der Waals surface area (Å²) in [4.78, 5) is 17.0. The van der Waals surface area contributed by atoms with Gasteiger partial charge in [0.25, 0.3) is 0 Å². The number of likely N-dealkylation sites (tertiary alicyclic amines) is 2. The predicted molar refractivity (Wildman–Crippen MR) is 167 cm³/mol. The van der Waals surface area contributed by atoms with Gasteiger partial charge in [0.05, 0.1) is 32.0 Å². The molecule has 0 aromatic heterocycles. The van der Waals surface area contributed by atoms with Crippen molar-refractivity contribution in [2.45, 2.75) is 70.9 Å². The molecule has 0 bridgehead atoms. The van der Waals surface area contributed by atoms with Crippen LogP contribution >= 0.6 is 0 Å². The lowest BCUT2D eigenvalue weighted by molar-refractivity contribution is -0.185. The SMILES string of the molecule is CC(C)(C)OC(=O)N1CC[C@@H](CN2C[C@H](OCc3ccccc3)C(OCc3ccccc3)[C@@H](OCc3ccccc3)C2)C1. The summed E-state index contributed by atoms with van der Waals surface area (Å²) in [5.74, 6) is 0.360. The van der Waals surface area contributed by atoms with Gasteiger partial charge >= 0.3 is 6.09 Å². The van der Waals surface area contributed by atoms with E-state index in [0.29, 0.717) is 32.3 Å². The van der Waals surface area contributed by atoms with Crippen LogP contribution in [0.1, 0.15) is 43.9 Å². The highest BCUT2D eigenvalue weighted by atomic mass is 16.6. The molecule has 1 amide bonds. The van der Waals surface area contributed by atoms with Gasteiger partial charge in [0.2, 0.25) is 0 Å². The van der Waals surface area contributed by atoms with Crippen molar-refractivity contribution >= 4 is 6.09 Å². The molecule has 0 spiro atoms. The monoisotopic (exact) mass is 586 g/mol. The Morgan fingerprint density at radius 2 is 1.16 bits per heavy atom. The molecule has 2 saturated heterocycles. The Morgan fingerprint density at radius 3 is 1.63 bits per heavy atom. The van der Waals surface area contributed by atoms with Crippen LogP contribution in [0.5, 0.6) is 0 Å². The summed E-state index contributed by atoms with van der Waals surface area (Å²) in [6, 6.07) is 30.8. The molecule has 2 heterocycles. The van der Waals surface area contributed by atoms with Crippen molar-refractivity contribution in [3.05, 3.63) is 108 Å². The van der Waals surface area contributed by atoms with E-state index in [1.807, 2.05) is 80.3 Å². The quantitative estimate of drug-likeness (QED) is 0.262. The first-order valence-corrected chi connectivity index (χ1v) is 15.5. The summed E-state index contributed by atoms with van der Waals surface area (Å²) in [7, 11) is 0. The van der Waals surface area contributed by atoms with Crippen molar-refractivity contribution in [1.29, 1.82) is 0 Å². The topological polar surface area (TPSA) is 60.5 Å². The number of carbonyl (C=O) groups excluding carboxylic acids is 1. The summed E-state index contributed by atoms with van der Waals surface area (Å²) in [5.41, 5.74) is 2.89. The van der Waals surface area contributed by atoms with Crippen molar-refractivity contribution in [3.63, 3.8) is 0 Å². The minimum atomic E-state index is -0.497. The van der Waals surface area contributed by atoms with Crippen LogP contribution in [0, 0.1) is 5.92 Å². The number of nitrogens with zero attached hydrogens (tertiary/aromatic N) is 2. The number of hydrogen-bond acceptors (Lipinski definition) is 6. The van der Waals surface area contributed by atoms with Crippen molar-refractivity contribution in [3.8, 4) is 0 Å². The Labute approximate surface area is 256 Å². The van der Waals surface area contributed by atoms with Gasteiger partial charge in [-0.1, -0.05) is 91.0 Å². The molecule has 0 saturated carbocycles. The molecule has 0 N–H and O–H groups in total. The van der Waals surface area contributed by atoms with Gasteiger partial charge in [0, 0.05) is 32.7 Å². The number of hydrogen-bond donors (Lipinski definition) is 0. The van der Waals surface area contributed by atoms with Crippen LogP contribution < -0.4 is 0 Å². The summed E-state index contributed by atoms with van der Waals surface area (Å²) in [6.45, 7) is 11.0. The van der Waals surface area contributed by atoms with Crippen LogP contribution in [0.4, 0.5) is 4.79 Å². The molecule has 0 unspecified atom stereocenters. The molecular weight excluding hydrogens is 540 g/mol. The van der Waals surface area contributed by atoms with E-state index in [2.05, 4.69) is 41.3 Å². The van der Waals surface area contributed by atoms with E-state index >= 15 is 0 Å². The average molecular weight is 587 g/mol. The first-order valence-electron chi connectivity index (χ1n) is 15.5. The van der Waals surface area contributed by atoms with E-state index in [1.165, 1.54) is 0 Å². The van der Waals surface area contributed by atoms with Gasteiger partial charge in [-0.25, -0.2) is 4.79 Å². The van der Waals surface area contributed by atoms with Crippen molar-refractivity contribution in [2.24, 2.45) is 5.92 Å². The predicted octanol–water partition coefficient (Wildman–Crippen LogP) is 6.32. The second-order valence-electron chi connectivity index (χ2n) is 12.7. The molecule has 3 atom stereocenters. The first kappa shape index (κ1) is 31.2. The Kier molecular flexibility index (Phi) is 10.9. The number of ether oxygens (including phenoxy) is 4. The van der Waals surface area contributed by atoms with Gasteiger partial charge < -0.3 is 23.8 Å². The molecular formula is C36H46N2O5. The molecule has 2 aliphatic rings. The van der Waals surface area contributed by atoms with Gasteiger partial charge in [-0.05, 0) is 49.8 Å². The summed E-state index contributed by atoms with van der Waals surface area (Å²) in [6.07, 6.45) is 0.139. The van der Waals surface area contributed by atoms with Crippen molar-refractivity contribution in [1.82, 2.24) is 9.80 Å². The van der Waals surface area contributed by atoms with Gasteiger partial charge in [-0.15, -0.1) is 0 Å². The fraction of sp³-hybridized carbons (Fsp3) is 0.472. The third-order valence-corrected chi connectivity index (χ3v) is 7.96. The zero-order valence-corrected chi connectivity index (χ0v) is 25.8. The van der Waals surface area contributed by atoms with Gasteiger partial charge in [-0.3, -0.25) is 4.90 Å². The lowest BCUT2D eigenvalue weighted by Crippen LogP contribution is -2.58. The second-order valence-corrected chi connectivity index (χ2v) is 12.7. The molecule has 0 aliphatic carbocycles. The standard InChI is InChI=1S/C36H46N2O5/c1-36(2,3)43-35(39)38-20-19-31(22-38)21-37-23-32(40-25-28-13-7-4-8-14-28)34(42-27-30-17-11-6-12-18-30)33(24-37)41-26-29-15-9-5-10-16-29/h4-18,31-34H,19-27H2,1-3H3/t31-,32-,33-/m0/s1. The van der Waals surface area contributed by atoms with E-state index in [9.17, 15) is 4.79 Å². The van der Waals surface area contributed by atoms with E-state index in [1.54, 1.807) is 0 Å². The first-order chi connectivity index (χ1) is 20.8. The molecule has 43 heavy (non-hydrogen) atoms. The fourth-order valence-electron chi connectivity index (χ4n) is 5.85. The van der Waals surface area contributed by atoms with Crippen LogP contribution in [-0.4, -0.2) is 72.5 Å². The highest BCUT2D eigenvalue weighted by Gasteiger charge is 2.41. The van der Waals surface area contributed by atoms with Crippen LogP contribution in [0.15, 0.2) is 91.0 Å². The third kappa shape index (κ3) is 9.63. The highest BCUT2D eigenvalue weighted by molar-refractivity contribution is 5.68. The van der Waals surface area contributed by atoms with E-state index < -0.39 is 5.60 Å². The molecule has 3 aromatic carbocycles. The Bertz CT molecular complexity index is 1200. The Balaban J connectivity index is 1.30. The number of benzene rings is 3. The fourth-order valence-corrected chi connectivity index (χ4v) is 5.85. The minimum absolute atomic E-state index is 0.179.